The number of aromatic nitrogens is 4. The summed E-state index contributed by atoms with van der Waals surface area (Å²) in [4.78, 5) is 23.0. The number of halogens is 1. The van der Waals surface area contributed by atoms with Crippen molar-refractivity contribution in [2.45, 2.75) is 0 Å². The Labute approximate surface area is 116 Å². The highest BCUT2D eigenvalue weighted by atomic mass is 35.5. The highest BCUT2D eigenvalue weighted by Gasteiger charge is 2.20. The monoisotopic (exact) mass is 294 g/mol. The molecule has 1 aromatic carbocycles. The zero-order valence-corrected chi connectivity index (χ0v) is 10.6. The Balaban J connectivity index is 1.87. The summed E-state index contributed by atoms with van der Waals surface area (Å²) in [5, 5.41) is 17.9. The molecule has 3 rings (SSSR count). The van der Waals surface area contributed by atoms with Gasteiger partial charge in [-0.05, 0) is 11.3 Å². The molecule has 20 heavy (non-hydrogen) atoms. The van der Waals surface area contributed by atoms with E-state index in [1.165, 1.54) is 12.1 Å². The molecule has 0 saturated heterocycles. The first-order chi connectivity index (χ1) is 9.63. The molecule has 2 aromatic rings. The molecule has 3 N–H and O–H groups in total. The summed E-state index contributed by atoms with van der Waals surface area (Å²) >= 11 is 6.03. The fraction of sp³-hybridized carbons (Fsp3) is 0.100. The van der Waals surface area contributed by atoms with E-state index < -0.39 is 5.91 Å². The number of tetrazole rings is 1. The lowest BCUT2D eigenvalue weighted by atomic mass is 10.2. The number of rotatable bonds is 2. The van der Waals surface area contributed by atoms with E-state index in [1.54, 1.807) is 0 Å². The van der Waals surface area contributed by atoms with E-state index in [9.17, 15) is 9.59 Å². The number of carbonyl (C=O) groups excluding carboxylic acids is 2. The number of benzene rings is 1. The highest BCUT2D eigenvalue weighted by Crippen LogP contribution is 2.36. The fourth-order valence-electron chi connectivity index (χ4n) is 1.63. The van der Waals surface area contributed by atoms with Crippen LogP contribution < -0.4 is 15.4 Å². The Morgan fingerprint density at radius 3 is 3.05 bits per heavy atom. The van der Waals surface area contributed by atoms with Gasteiger partial charge in [0.05, 0.1) is 16.4 Å². The molecule has 102 valence electrons. The van der Waals surface area contributed by atoms with Crippen LogP contribution in [0.4, 0.5) is 11.4 Å². The molecule has 0 radical (unpaired) electrons. The van der Waals surface area contributed by atoms with Crippen LogP contribution in [0.3, 0.4) is 0 Å². The number of amides is 2. The molecule has 1 aromatic heterocycles. The van der Waals surface area contributed by atoms with E-state index in [1.807, 2.05) is 0 Å². The summed E-state index contributed by atoms with van der Waals surface area (Å²) in [5.74, 6) is -0.539. The molecule has 0 saturated carbocycles. The summed E-state index contributed by atoms with van der Waals surface area (Å²) in [6.45, 7) is -0.0904. The number of H-pyrrole nitrogens is 1. The van der Waals surface area contributed by atoms with Crippen molar-refractivity contribution < 1.29 is 14.3 Å². The topological polar surface area (TPSA) is 122 Å². The van der Waals surface area contributed by atoms with Crippen molar-refractivity contribution in [3.63, 3.8) is 0 Å². The second-order valence-electron chi connectivity index (χ2n) is 3.85. The van der Waals surface area contributed by atoms with E-state index in [2.05, 4.69) is 31.3 Å². The van der Waals surface area contributed by atoms with Gasteiger partial charge in [0.1, 0.15) is 5.75 Å². The Bertz CT molecular complexity index is 687. The molecule has 0 spiro atoms. The van der Waals surface area contributed by atoms with Gasteiger partial charge in [-0.15, -0.1) is 10.2 Å². The molecule has 0 bridgehead atoms. The van der Waals surface area contributed by atoms with Crippen LogP contribution in [0.15, 0.2) is 12.1 Å². The maximum absolute atomic E-state index is 11.8. The van der Waals surface area contributed by atoms with Crippen molar-refractivity contribution in [1.82, 2.24) is 20.6 Å². The van der Waals surface area contributed by atoms with Crippen molar-refractivity contribution in [1.29, 1.82) is 0 Å². The highest BCUT2D eigenvalue weighted by molar-refractivity contribution is 6.34. The third kappa shape index (κ3) is 2.26. The molecule has 0 fully saturated rings. The SMILES string of the molecule is O=C1COc2cc(NC(=O)c3nn[nH]n3)c(Cl)cc2N1. The molecule has 2 heterocycles. The van der Waals surface area contributed by atoms with Crippen LogP contribution >= 0.6 is 11.6 Å². The summed E-state index contributed by atoms with van der Waals surface area (Å²) < 4.78 is 5.23. The maximum atomic E-state index is 11.8. The van der Waals surface area contributed by atoms with E-state index in [0.717, 1.165) is 0 Å². The smallest absolute Gasteiger partial charge is 0.297 e. The Morgan fingerprint density at radius 1 is 1.45 bits per heavy atom. The van der Waals surface area contributed by atoms with Crippen LogP contribution in [0.1, 0.15) is 10.6 Å². The average Bonchev–Trinajstić information content (AvgIpc) is 2.94. The molecule has 2 amide bonds. The standard InChI is InChI=1S/C10H7ClN6O3/c11-4-1-6-7(20-3-8(18)12-6)2-5(4)13-10(19)9-14-16-17-15-9/h1-2H,3H2,(H,12,18)(H,13,19)(H,14,15,16,17). The summed E-state index contributed by atoms with van der Waals surface area (Å²) in [5.41, 5.74) is 0.764. The third-order valence-electron chi connectivity index (χ3n) is 2.50. The molecule has 9 nitrogen and oxygen atoms in total. The largest absolute Gasteiger partial charge is 0.482 e. The predicted octanol–water partition coefficient (Wildman–Crippen LogP) is 0.436. The molecule has 0 atom stereocenters. The lowest BCUT2D eigenvalue weighted by molar-refractivity contribution is -0.118. The van der Waals surface area contributed by atoms with Gasteiger partial charge in [0.25, 0.3) is 17.6 Å². The van der Waals surface area contributed by atoms with Crippen molar-refractivity contribution in [3.8, 4) is 5.75 Å². The fourth-order valence-corrected chi connectivity index (χ4v) is 1.84. The molecule has 1 aliphatic heterocycles. The lowest BCUT2D eigenvalue weighted by Gasteiger charge is -2.19. The normalized spacial score (nSPS) is 13.2. The second kappa shape index (κ2) is 4.78. The number of hydrogen-bond acceptors (Lipinski definition) is 6. The van der Waals surface area contributed by atoms with Crippen LogP contribution in [0, 0.1) is 0 Å². The van der Waals surface area contributed by atoms with Gasteiger partial charge < -0.3 is 15.4 Å². The van der Waals surface area contributed by atoms with Crippen molar-refractivity contribution in [2.75, 3.05) is 17.2 Å². The molecular weight excluding hydrogens is 288 g/mol. The van der Waals surface area contributed by atoms with E-state index in [-0.39, 0.29) is 23.4 Å². The van der Waals surface area contributed by atoms with E-state index in [4.69, 9.17) is 16.3 Å². The van der Waals surface area contributed by atoms with E-state index in [0.29, 0.717) is 17.1 Å². The van der Waals surface area contributed by atoms with Gasteiger partial charge in [-0.3, -0.25) is 9.59 Å². The number of ether oxygens (including phenoxy) is 1. The van der Waals surface area contributed by atoms with Crippen LogP contribution in [0.25, 0.3) is 0 Å². The third-order valence-corrected chi connectivity index (χ3v) is 2.81. The van der Waals surface area contributed by atoms with Crippen molar-refractivity contribution >= 4 is 34.8 Å². The molecule has 0 aliphatic carbocycles. The number of aromatic amines is 1. The first-order valence-corrected chi connectivity index (χ1v) is 5.82. The predicted molar refractivity (Wildman–Crippen MR) is 67.7 cm³/mol. The number of nitrogens with one attached hydrogen (secondary N) is 3. The summed E-state index contributed by atoms with van der Waals surface area (Å²) in [6.07, 6.45) is 0. The number of anilines is 2. The molecule has 1 aliphatic rings. The van der Waals surface area contributed by atoms with Crippen LogP contribution in [-0.4, -0.2) is 39.0 Å². The van der Waals surface area contributed by atoms with Gasteiger partial charge in [-0.25, -0.2) is 0 Å². The lowest BCUT2D eigenvalue weighted by Crippen LogP contribution is -2.25. The van der Waals surface area contributed by atoms with Crippen LogP contribution in [-0.2, 0) is 4.79 Å². The summed E-state index contributed by atoms with van der Waals surface area (Å²) in [6, 6.07) is 2.99. The van der Waals surface area contributed by atoms with Gasteiger partial charge in [-0.1, -0.05) is 11.6 Å². The van der Waals surface area contributed by atoms with Gasteiger partial charge in [0, 0.05) is 6.07 Å². The number of nitrogens with zero attached hydrogens (tertiary/aromatic N) is 3. The minimum absolute atomic E-state index is 0.0904. The maximum Gasteiger partial charge on any atom is 0.297 e. The Hall–Kier alpha value is -2.68. The molecular formula is C10H7ClN6O3. The Kier molecular flexibility index (Phi) is 2.95. The van der Waals surface area contributed by atoms with Gasteiger partial charge in [0.2, 0.25) is 0 Å². The van der Waals surface area contributed by atoms with Gasteiger partial charge in [0.15, 0.2) is 6.61 Å². The van der Waals surface area contributed by atoms with E-state index >= 15 is 0 Å². The molecule has 0 unspecified atom stereocenters. The van der Waals surface area contributed by atoms with Crippen LogP contribution in [0.5, 0.6) is 5.75 Å². The zero-order chi connectivity index (χ0) is 14.1. The van der Waals surface area contributed by atoms with Crippen molar-refractivity contribution in [2.24, 2.45) is 0 Å². The van der Waals surface area contributed by atoms with Crippen molar-refractivity contribution in [3.05, 3.63) is 23.0 Å². The summed E-state index contributed by atoms with van der Waals surface area (Å²) in [7, 11) is 0. The zero-order valence-electron chi connectivity index (χ0n) is 9.81. The van der Waals surface area contributed by atoms with Crippen LogP contribution in [0.2, 0.25) is 5.02 Å². The number of fused-ring (bicyclic) bond motifs is 1. The van der Waals surface area contributed by atoms with Gasteiger partial charge in [-0.2, -0.15) is 5.21 Å². The van der Waals surface area contributed by atoms with Gasteiger partial charge >= 0.3 is 0 Å². The average molecular weight is 295 g/mol. The second-order valence-corrected chi connectivity index (χ2v) is 4.26. The molecule has 10 heteroatoms. The first-order valence-electron chi connectivity index (χ1n) is 5.44. The first kappa shape index (κ1) is 12.4. The quantitative estimate of drug-likeness (QED) is 0.738. The number of carbonyl (C=O) groups is 2. The Morgan fingerprint density at radius 2 is 2.30 bits per heavy atom. The number of hydrogen-bond donors (Lipinski definition) is 3. The minimum Gasteiger partial charge on any atom is -0.482 e. The minimum atomic E-state index is -0.569.